The fourth-order valence-corrected chi connectivity index (χ4v) is 4.30. The van der Waals surface area contributed by atoms with E-state index >= 15 is 0 Å². The van der Waals surface area contributed by atoms with E-state index in [0.717, 1.165) is 34.7 Å². The molecule has 172 valence electrons. The van der Waals surface area contributed by atoms with Gasteiger partial charge in [-0.25, -0.2) is 0 Å². The largest absolute Gasteiger partial charge is 0.336 e. The van der Waals surface area contributed by atoms with Crippen molar-refractivity contribution in [1.82, 2.24) is 24.6 Å². The van der Waals surface area contributed by atoms with E-state index in [4.69, 9.17) is 5.26 Å². The number of amides is 1. The normalized spacial score (nSPS) is 10.9. The summed E-state index contributed by atoms with van der Waals surface area (Å²) in [6, 6.07) is 15.8. The van der Waals surface area contributed by atoms with Gasteiger partial charge in [0.05, 0.1) is 23.1 Å². The molecule has 0 atom stereocenters. The second-order valence-corrected chi connectivity index (χ2v) is 9.31. The van der Waals surface area contributed by atoms with Crippen LogP contribution in [0, 0.1) is 32.1 Å². The summed E-state index contributed by atoms with van der Waals surface area (Å²) >= 11 is 1.41. The molecular formula is C25H30N6OS. The molecule has 0 fully saturated rings. The summed E-state index contributed by atoms with van der Waals surface area (Å²) in [5.74, 6) is 1.10. The van der Waals surface area contributed by atoms with Gasteiger partial charge in [-0.1, -0.05) is 36.0 Å². The number of hydrogen-bond donors (Lipinski definition) is 0. The molecule has 0 saturated heterocycles. The van der Waals surface area contributed by atoms with Crippen LogP contribution in [-0.2, 0) is 11.3 Å². The van der Waals surface area contributed by atoms with Gasteiger partial charge in [0.1, 0.15) is 5.82 Å². The van der Waals surface area contributed by atoms with Crippen molar-refractivity contribution in [1.29, 1.82) is 5.26 Å². The number of carbonyl (C=O) groups is 1. The maximum Gasteiger partial charge on any atom is 0.233 e. The standard InChI is InChI=1S/C25H30N6OS/c1-18-6-7-19(2)23(14-18)31-20(3)27-28-25(31)33-17-24(32)30(13-12-29(4)5)16-22-10-8-21(15-26)9-11-22/h6-11,14H,12-13,16-17H2,1-5H3. The number of likely N-dealkylation sites (N-methyl/N-ethyl adjacent to an activating group) is 1. The first-order chi connectivity index (χ1) is 15.8. The van der Waals surface area contributed by atoms with Crippen molar-refractivity contribution in [3.63, 3.8) is 0 Å². The van der Waals surface area contributed by atoms with Gasteiger partial charge in [0, 0.05) is 19.6 Å². The summed E-state index contributed by atoms with van der Waals surface area (Å²) < 4.78 is 2.02. The molecule has 0 aliphatic heterocycles. The van der Waals surface area contributed by atoms with Crippen LogP contribution in [0.1, 0.15) is 28.1 Å². The molecule has 0 bridgehead atoms. The smallest absolute Gasteiger partial charge is 0.233 e. The monoisotopic (exact) mass is 462 g/mol. The summed E-state index contributed by atoms with van der Waals surface area (Å²) in [5, 5.41) is 18.3. The van der Waals surface area contributed by atoms with Gasteiger partial charge in [-0.3, -0.25) is 9.36 Å². The third kappa shape index (κ3) is 6.44. The summed E-state index contributed by atoms with van der Waals surface area (Å²) in [6.45, 7) is 7.94. The van der Waals surface area contributed by atoms with Crippen LogP contribution in [0.4, 0.5) is 0 Å². The molecule has 33 heavy (non-hydrogen) atoms. The van der Waals surface area contributed by atoms with Crippen LogP contribution < -0.4 is 0 Å². The first kappa shape index (κ1) is 24.5. The van der Waals surface area contributed by atoms with Crippen LogP contribution in [0.2, 0.25) is 0 Å². The van der Waals surface area contributed by atoms with Crippen LogP contribution in [-0.4, -0.2) is 63.4 Å². The molecule has 1 aromatic heterocycles. The molecule has 1 amide bonds. The van der Waals surface area contributed by atoms with Gasteiger partial charge in [0.25, 0.3) is 0 Å². The van der Waals surface area contributed by atoms with E-state index in [0.29, 0.717) is 23.8 Å². The minimum Gasteiger partial charge on any atom is -0.336 e. The third-order valence-corrected chi connectivity index (χ3v) is 6.27. The predicted molar refractivity (Wildman–Crippen MR) is 131 cm³/mol. The Morgan fingerprint density at radius 2 is 1.79 bits per heavy atom. The maximum absolute atomic E-state index is 13.2. The second kappa shape index (κ2) is 11.1. The van der Waals surface area contributed by atoms with Gasteiger partial charge in [0.2, 0.25) is 5.91 Å². The van der Waals surface area contributed by atoms with Crippen LogP contribution in [0.25, 0.3) is 5.69 Å². The number of aromatic nitrogens is 3. The quantitative estimate of drug-likeness (QED) is 0.451. The van der Waals surface area contributed by atoms with Crippen LogP contribution in [0.15, 0.2) is 47.6 Å². The van der Waals surface area contributed by atoms with Gasteiger partial charge >= 0.3 is 0 Å². The molecule has 0 aliphatic rings. The van der Waals surface area contributed by atoms with E-state index in [2.05, 4.69) is 53.2 Å². The zero-order valence-electron chi connectivity index (χ0n) is 19.9. The van der Waals surface area contributed by atoms with Crippen molar-refractivity contribution >= 4 is 17.7 Å². The van der Waals surface area contributed by atoms with Crippen molar-refractivity contribution in [3.8, 4) is 11.8 Å². The highest BCUT2D eigenvalue weighted by Crippen LogP contribution is 2.25. The Bertz CT molecular complexity index is 1150. The summed E-state index contributed by atoms with van der Waals surface area (Å²) in [4.78, 5) is 17.1. The lowest BCUT2D eigenvalue weighted by Gasteiger charge is -2.24. The van der Waals surface area contributed by atoms with Crippen LogP contribution in [0.5, 0.6) is 0 Å². The van der Waals surface area contributed by atoms with Crippen molar-refractivity contribution in [2.45, 2.75) is 32.5 Å². The van der Waals surface area contributed by atoms with Crippen LogP contribution in [0.3, 0.4) is 0 Å². The molecule has 0 saturated carbocycles. The zero-order valence-corrected chi connectivity index (χ0v) is 20.7. The molecule has 0 N–H and O–H groups in total. The fraction of sp³-hybridized carbons (Fsp3) is 0.360. The van der Waals surface area contributed by atoms with Crippen molar-refractivity contribution in [2.75, 3.05) is 32.9 Å². The SMILES string of the molecule is Cc1ccc(C)c(-n2c(C)nnc2SCC(=O)N(CCN(C)C)Cc2ccc(C#N)cc2)c1. The van der Waals surface area contributed by atoms with Gasteiger partial charge in [0.15, 0.2) is 5.16 Å². The number of nitrogens with zero attached hydrogens (tertiary/aromatic N) is 6. The fourth-order valence-electron chi connectivity index (χ4n) is 3.41. The maximum atomic E-state index is 13.2. The Morgan fingerprint density at radius 3 is 2.45 bits per heavy atom. The van der Waals surface area contributed by atoms with E-state index in [1.807, 2.05) is 42.6 Å². The van der Waals surface area contributed by atoms with Gasteiger partial charge in [-0.05, 0) is 69.8 Å². The molecular weight excluding hydrogens is 432 g/mol. The lowest BCUT2D eigenvalue weighted by Crippen LogP contribution is -2.37. The first-order valence-corrected chi connectivity index (χ1v) is 11.8. The third-order valence-electron chi connectivity index (χ3n) is 5.35. The highest BCUT2D eigenvalue weighted by atomic mass is 32.2. The number of thioether (sulfide) groups is 1. The molecule has 2 aromatic carbocycles. The highest BCUT2D eigenvalue weighted by Gasteiger charge is 2.19. The average Bonchev–Trinajstić information content (AvgIpc) is 3.16. The van der Waals surface area contributed by atoms with Crippen molar-refractivity contribution in [3.05, 3.63) is 70.5 Å². The highest BCUT2D eigenvalue weighted by molar-refractivity contribution is 7.99. The van der Waals surface area contributed by atoms with Crippen molar-refractivity contribution in [2.24, 2.45) is 0 Å². The second-order valence-electron chi connectivity index (χ2n) is 8.37. The molecule has 0 radical (unpaired) electrons. The Kier molecular flexibility index (Phi) is 8.26. The Hall–Kier alpha value is -3.15. The van der Waals surface area contributed by atoms with Gasteiger partial charge in [-0.2, -0.15) is 5.26 Å². The Labute approximate surface area is 200 Å². The minimum absolute atomic E-state index is 0.0411. The molecule has 0 aliphatic carbocycles. The summed E-state index contributed by atoms with van der Waals surface area (Å²) in [7, 11) is 3.99. The first-order valence-electron chi connectivity index (χ1n) is 10.8. The van der Waals surface area contributed by atoms with Crippen LogP contribution >= 0.6 is 11.8 Å². The minimum atomic E-state index is 0.0411. The molecule has 3 aromatic rings. The molecule has 7 nitrogen and oxygen atoms in total. The molecule has 0 unspecified atom stereocenters. The number of carbonyl (C=O) groups excluding carboxylic acids is 1. The number of benzene rings is 2. The summed E-state index contributed by atoms with van der Waals surface area (Å²) in [5.41, 5.74) is 4.94. The summed E-state index contributed by atoms with van der Waals surface area (Å²) in [6.07, 6.45) is 0. The van der Waals surface area contributed by atoms with Gasteiger partial charge < -0.3 is 9.80 Å². The van der Waals surface area contributed by atoms with E-state index in [9.17, 15) is 4.79 Å². The average molecular weight is 463 g/mol. The molecule has 0 spiro atoms. The van der Waals surface area contributed by atoms with E-state index in [-0.39, 0.29) is 11.7 Å². The topological polar surface area (TPSA) is 78.1 Å². The zero-order chi connectivity index (χ0) is 24.0. The Balaban J connectivity index is 1.76. The van der Waals surface area contributed by atoms with Crippen molar-refractivity contribution < 1.29 is 4.79 Å². The van der Waals surface area contributed by atoms with E-state index in [1.165, 1.54) is 11.8 Å². The number of rotatable bonds is 9. The Morgan fingerprint density at radius 1 is 1.06 bits per heavy atom. The number of hydrogen-bond acceptors (Lipinski definition) is 6. The molecule has 1 heterocycles. The van der Waals surface area contributed by atoms with Gasteiger partial charge in [-0.15, -0.1) is 10.2 Å². The number of nitriles is 1. The number of aryl methyl sites for hydroxylation is 3. The molecule has 8 heteroatoms. The lowest BCUT2D eigenvalue weighted by molar-refractivity contribution is -0.129. The predicted octanol–water partition coefficient (Wildman–Crippen LogP) is 3.75. The van der Waals surface area contributed by atoms with E-state index in [1.54, 1.807) is 12.1 Å². The lowest BCUT2D eigenvalue weighted by atomic mass is 10.1. The molecule has 3 rings (SSSR count). The van der Waals surface area contributed by atoms with E-state index < -0.39 is 0 Å².